The minimum atomic E-state index is -0.986. The monoisotopic (exact) mass is 471 g/mol. The normalized spacial score (nSPS) is 9.97. The molecule has 32 heavy (non-hydrogen) atoms. The van der Waals surface area contributed by atoms with Crippen LogP contribution in [0.4, 0.5) is 0 Å². The summed E-state index contributed by atoms with van der Waals surface area (Å²) in [5.74, 6) is -2.49. The zero-order chi connectivity index (χ0) is 24.5. The van der Waals surface area contributed by atoms with Gasteiger partial charge in [0.05, 0.1) is 46.3 Å². The van der Waals surface area contributed by atoms with Crippen LogP contribution in [-0.2, 0) is 43.0 Å². The van der Waals surface area contributed by atoms with Crippen molar-refractivity contribution in [1.29, 1.82) is 0 Å². The first-order valence-corrected chi connectivity index (χ1v) is 8.79. The Morgan fingerprint density at radius 1 is 0.844 bits per heavy atom. The average molecular weight is 472 g/mol. The van der Waals surface area contributed by atoms with Gasteiger partial charge >= 0.3 is 29.8 Å². The number of methoxy groups -OCH3 is 2. The number of rotatable bonds is 7. The van der Waals surface area contributed by atoms with Crippen molar-refractivity contribution in [3.05, 3.63) is 0 Å². The quantitative estimate of drug-likeness (QED) is 0.273. The number of carboxylic acid groups (broad SMARTS) is 1. The van der Waals surface area contributed by atoms with Crippen LogP contribution >= 0.6 is 0 Å². The molecule has 1 fully saturated rings. The number of nitrogens with two attached hydrogens (primary N) is 1. The number of carbonyl (C=O) groups is 6. The van der Waals surface area contributed by atoms with Gasteiger partial charge in [-0.2, -0.15) is 0 Å². The van der Waals surface area contributed by atoms with Crippen molar-refractivity contribution in [2.24, 2.45) is 5.73 Å². The highest BCUT2D eigenvalue weighted by Crippen LogP contribution is 2.03. The second-order valence-corrected chi connectivity index (χ2v) is 4.78. The molecule has 192 valence electrons. The largest absolute Gasteiger partial charge is 0.481 e. The summed E-state index contributed by atoms with van der Waals surface area (Å²) >= 11 is 0. The molecule has 4 N–H and O–H groups in total. The lowest BCUT2D eigenvalue weighted by Crippen LogP contribution is -2.04. The summed E-state index contributed by atoms with van der Waals surface area (Å²) in [6.07, 6.45) is 1.33. The molecule has 0 atom stereocenters. The lowest BCUT2D eigenvalue weighted by Gasteiger charge is -1.95. The van der Waals surface area contributed by atoms with Crippen LogP contribution in [-0.4, -0.2) is 74.2 Å². The van der Waals surface area contributed by atoms with E-state index in [0.717, 1.165) is 7.11 Å². The Hall–Kier alpha value is -2.86. The van der Waals surface area contributed by atoms with Gasteiger partial charge in [0.2, 0.25) is 0 Å². The van der Waals surface area contributed by atoms with Crippen LogP contribution in [0.25, 0.3) is 0 Å². The molecule has 0 aliphatic carbocycles. The summed E-state index contributed by atoms with van der Waals surface area (Å²) in [6.45, 7) is 1.78. The Morgan fingerprint density at radius 3 is 1.41 bits per heavy atom. The molecule has 1 saturated heterocycles. The molecule has 1 aliphatic heterocycles. The minimum Gasteiger partial charge on any atom is -0.481 e. The molecule has 1 aliphatic rings. The van der Waals surface area contributed by atoms with E-state index in [1.807, 2.05) is 0 Å². The molecule has 12 nitrogen and oxygen atoms in total. The third kappa shape index (κ3) is 37.8. The molecule has 0 aromatic heterocycles. The highest BCUT2D eigenvalue weighted by Gasteiger charge is 2.19. The summed E-state index contributed by atoms with van der Waals surface area (Å²) in [5.41, 5.74) is 4.50. The van der Waals surface area contributed by atoms with E-state index in [4.69, 9.17) is 10.2 Å². The van der Waals surface area contributed by atoms with Gasteiger partial charge in [-0.05, 0) is 7.05 Å². The standard InChI is InChI=1S/C7H12O3.C5H8O4.C4H4O3.CH5N.CH4O.2CH4/c1-3-6(8)4-5-7(9)10-2;1-9-5(8)3-2-4(6)7;5-3-1-2-4(6)7-3;2*1-2;;/h3-5H2,1-2H3;2-3H2,1H3,(H,6,7);1-2H2;2H2,1H3;2H,1H3;2*1H4. The molecule has 1 heterocycles. The number of carboxylic acids is 1. The fourth-order valence-corrected chi connectivity index (χ4v) is 1.26. The molecule has 0 saturated carbocycles. The number of esters is 4. The average Bonchev–Trinajstić information content (AvgIpc) is 3.15. The molecular formula is C20H41NO11. The zero-order valence-corrected chi connectivity index (χ0v) is 18.1. The van der Waals surface area contributed by atoms with E-state index in [1.165, 1.54) is 21.3 Å². The van der Waals surface area contributed by atoms with Gasteiger partial charge in [0.15, 0.2) is 0 Å². The van der Waals surface area contributed by atoms with Crippen LogP contribution in [0.1, 0.15) is 66.7 Å². The van der Waals surface area contributed by atoms with E-state index in [2.05, 4.69) is 19.9 Å². The topological polar surface area (TPSA) is 197 Å². The van der Waals surface area contributed by atoms with Crippen LogP contribution in [0.3, 0.4) is 0 Å². The SMILES string of the molecule is C.C.CCC(=O)CCC(=O)OC.CN.CO.COC(=O)CCC(=O)O.O=C1CCC(=O)O1. The number of ketones is 1. The third-order valence-corrected chi connectivity index (χ3v) is 2.76. The van der Waals surface area contributed by atoms with Gasteiger partial charge in [-0.1, -0.05) is 21.8 Å². The maximum atomic E-state index is 10.6. The molecule has 12 heteroatoms. The highest BCUT2D eigenvalue weighted by atomic mass is 16.6. The van der Waals surface area contributed by atoms with E-state index in [0.29, 0.717) is 12.8 Å². The minimum absolute atomic E-state index is 0. The molecule has 0 bridgehead atoms. The fraction of sp³-hybridized carbons (Fsp3) is 0.700. The molecule has 0 aromatic rings. The van der Waals surface area contributed by atoms with Crippen LogP contribution < -0.4 is 5.73 Å². The van der Waals surface area contributed by atoms with Crippen molar-refractivity contribution in [2.45, 2.75) is 66.7 Å². The van der Waals surface area contributed by atoms with Gasteiger partial charge in [-0.25, -0.2) is 0 Å². The Labute approximate surface area is 190 Å². The van der Waals surface area contributed by atoms with E-state index < -0.39 is 23.9 Å². The second-order valence-electron chi connectivity index (χ2n) is 4.78. The Morgan fingerprint density at radius 2 is 1.19 bits per heavy atom. The number of hydrogen-bond donors (Lipinski definition) is 3. The maximum absolute atomic E-state index is 10.6. The number of aliphatic hydroxyl groups is 1. The number of cyclic esters (lactones) is 2. The first-order chi connectivity index (χ1) is 14.2. The Balaban J connectivity index is -0.0000000717. The van der Waals surface area contributed by atoms with Crippen LogP contribution in [0.5, 0.6) is 0 Å². The van der Waals surface area contributed by atoms with Crippen LogP contribution in [0.15, 0.2) is 0 Å². The van der Waals surface area contributed by atoms with Gasteiger partial charge in [0, 0.05) is 20.0 Å². The Kier molecular flexibility index (Phi) is 44.2. The van der Waals surface area contributed by atoms with Crippen molar-refractivity contribution in [1.82, 2.24) is 0 Å². The first-order valence-electron chi connectivity index (χ1n) is 8.79. The van der Waals surface area contributed by atoms with Gasteiger partial charge in [0.25, 0.3) is 0 Å². The van der Waals surface area contributed by atoms with Crippen LogP contribution in [0, 0.1) is 0 Å². The molecule has 0 radical (unpaired) electrons. The van der Waals surface area contributed by atoms with Crippen LogP contribution in [0.2, 0.25) is 0 Å². The van der Waals surface area contributed by atoms with Crippen molar-refractivity contribution < 1.29 is 53.2 Å². The van der Waals surface area contributed by atoms with Gasteiger partial charge < -0.3 is 30.2 Å². The van der Waals surface area contributed by atoms with Gasteiger partial charge in [-0.3, -0.25) is 28.8 Å². The maximum Gasteiger partial charge on any atom is 0.314 e. The summed E-state index contributed by atoms with van der Waals surface area (Å²) in [7, 11) is 5.04. The molecule has 0 spiro atoms. The lowest BCUT2D eigenvalue weighted by atomic mass is 10.2. The summed E-state index contributed by atoms with van der Waals surface area (Å²) in [5, 5.41) is 15.1. The number of aliphatic carboxylic acids is 1. The highest BCUT2D eigenvalue weighted by molar-refractivity contribution is 5.92. The lowest BCUT2D eigenvalue weighted by molar-refractivity contribution is -0.152. The number of Topliss-reactive ketones (excluding diaryl/α,β-unsaturated/α-hetero) is 1. The van der Waals surface area contributed by atoms with Crippen molar-refractivity contribution >= 4 is 35.6 Å². The number of carbonyl (C=O) groups excluding carboxylic acids is 5. The molecular weight excluding hydrogens is 430 g/mol. The smallest absolute Gasteiger partial charge is 0.314 e. The number of aliphatic hydroxyl groups excluding tert-OH is 1. The Bertz CT molecular complexity index is 490. The fourth-order valence-electron chi connectivity index (χ4n) is 1.26. The first kappa shape index (κ1) is 43.1. The molecule has 1 rings (SSSR count). The van der Waals surface area contributed by atoms with Crippen molar-refractivity contribution in [3.63, 3.8) is 0 Å². The van der Waals surface area contributed by atoms with Crippen molar-refractivity contribution in [3.8, 4) is 0 Å². The molecule has 0 unspecified atom stereocenters. The predicted octanol–water partition coefficient (Wildman–Crippen LogP) is 1.25. The van der Waals surface area contributed by atoms with E-state index in [9.17, 15) is 28.8 Å². The summed E-state index contributed by atoms with van der Waals surface area (Å²) in [6, 6.07) is 0. The molecule has 0 aromatic carbocycles. The van der Waals surface area contributed by atoms with Gasteiger partial charge in [-0.15, -0.1) is 0 Å². The van der Waals surface area contributed by atoms with E-state index in [-0.39, 0.29) is 58.7 Å². The third-order valence-electron chi connectivity index (χ3n) is 2.76. The van der Waals surface area contributed by atoms with Gasteiger partial charge in [0.1, 0.15) is 5.78 Å². The van der Waals surface area contributed by atoms with E-state index in [1.54, 1.807) is 6.92 Å². The zero-order valence-electron chi connectivity index (χ0n) is 18.1. The summed E-state index contributed by atoms with van der Waals surface area (Å²) in [4.78, 5) is 61.1. The predicted molar refractivity (Wildman–Crippen MR) is 117 cm³/mol. The second kappa shape index (κ2) is 32.8. The molecule has 0 amide bonds. The van der Waals surface area contributed by atoms with E-state index >= 15 is 0 Å². The van der Waals surface area contributed by atoms with Crippen molar-refractivity contribution in [2.75, 3.05) is 28.4 Å². The number of ether oxygens (including phenoxy) is 3. The number of hydrogen-bond acceptors (Lipinski definition) is 11. The summed E-state index contributed by atoms with van der Waals surface area (Å²) < 4.78 is 12.6.